The SMILES string of the molecule is CC(Nc1nccc2c1ncn2C)c1ccco1. The van der Waals surface area contributed by atoms with E-state index in [1.165, 1.54) is 0 Å². The summed E-state index contributed by atoms with van der Waals surface area (Å²) in [6, 6.07) is 5.82. The molecule has 0 aliphatic heterocycles. The summed E-state index contributed by atoms with van der Waals surface area (Å²) in [4.78, 5) is 8.70. The van der Waals surface area contributed by atoms with E-state index in [0.29, 0.717) is 0 Å². The van der Waals surface area contributed by atoms with E-state index in [4.69, 9.17) is 4.42 Å². The molecule has 1 unspecified atom stereocenters. The zero-order valence-electron chi connectivity index (χ0n) is 10.3. The quantitative estimate of drug-likeness (QED) is 0.767. The summed E-state index contributed by atoms with van der Waals surface area (Å²) < 4.78 is 7.34. The Morgan fingerprint density at radius 3 is 3.00 bits per heavy atom. The van der Waals surface area contributed by atoms with Gasteiger partial charge in [-0.25, -0.2) is 9.97 Å². The maximum Gasteiger partial charge on any atom is 0.154 e. The van der Waals surface area contributed by atoms with Crippen LogP contribution in [0.25, 0.3) is 11.0 Å². The minimum atomic E-state index is 0.0557. The molecule has 0 aliphatic carbocycles. The number of fused-ring (bicyclic) bond motifs is 1. The average molecular weight is 242 g/mol. The number of aromatic nitrogens is 3. The molecule has 5 nitrogen and oxygen atoms in total. The molecule has 0 spiro atoms. The van der Waals surface area contributed by atoms with E-state index in [1.54, 1.807) is 18.8 Å². The lowest BCUT2D eigenvalue weighted by Crippen LogP contribution is -2.07. The van der Waals surface area contributed by atoms with Crippen LogP contribution in [-0.4, -0.2) is 14.5 Å². The second kappa shape index (κ2) is 4.18. The Labute approximate surface area is 104 Å². The first-order valence-corrected chi connectivity index (χ1v) is 5.81. The minimum Gasteiger partial charge on any atom is -0.467 e. The van der Waals surface area contributed by atoms with E-state index in [0.717, 1.165) is 22.6 Å². The Kier molecular flexibility index (Phi) is 2.51. The molecule has 0 aromatic carbocycles. The van der Waals surface area contributed by atoms with Gasteiger partial charge in [-0.1, -0.05) is 0 Å². The van der Waals surface area contributed by atoms with Crippen LogP contribution >= 0.6 is 0 Å². The normalized spacial score (nSPS) is 12.8. The van der Waals surface area contributed by atoms with Crippen molar-refractivity contribution in [2.24, 2.45) is 7.05 Å². The van der Waals surface area contributed by atoms with Crippen LogP contribution in [0.4, 0.5) is 5.82 Å². The lowest BCUT2D eigenvalue weighted by Gasteiger charge is -2.12. The zero-order valence-corrected chi connectivity index (χ0v) is 10.3. The van der Waals surface area contributed by atoms with Crippen LogP contribution < -0.4 is 5.32 Å². The van der Waals surface area contributed by atoms with Crippen LogP contribution in [0.3, 0.4) is 0 Å². The number of rotatable bonds is 3. The van der Waals surface area contributed by atoms with Gasteiger partial charge in [-0.3, -0.25) is 0 Å². The number of pyridine rings is 1. The van der Waals surface area contributed by atoms with Crippen molar-refractivity contribution in [1.29, 1.82) is 0 Å². The fourth-order valence-electron chi connectivity index (χ4n) is 1.98. The van der Waals surface area contributed by atoms with Crippen molar-refractivity contribution >= 4 is 16.9 Å². The predicted molar refractivity (Wildman–Crippen MR) is 69.3 cm³/mol. The highest BCUT2D eigenvalue weighted by atomic mass is 16.3. The van der Waals surface area contributed by atoms with Crippen LogP contribution in [-0.2, 0) is 7.05 Å². The number of hydrogen-bond donors (Lipinski definition) is 1. The molecule has 3 aromatic rings. The van der Waals surface area contributed by atoms with Gasteiger partial charge in [-0.2, -0.15) is 0 Å². The van der Waals surface area contributed by atoms with E-state index >= 15 is 0 Å². The Hall–Kier alpha value is -2.30. The summed E-state index contributed by atoms with van der Waals surface area (Å²) in [5.41, 5.74) is 1.93. The summed E-state index contributed by atoms with van der Waals surface area (Å²) in [5.74, 6) is 1.65. The maximum atomic E-state index is 5.37. The zero-order chi connectivity index (χ0) is 12.5. The van der Waals surface area contributed by atoms with E-state index in [2.05, 4.69) is 15.3 Å². The van der Waals surface area contributed by atoms with Crippen LogP contribution in [0, 0.1) is 0 Å². The molecule has 0 radical (unpaired) electrons. The van der Waals surface area contributed by atoms with Crippen molar-refractivity contribution in [3.8, 4) is 0 Å². The second-order valence-corrected chi connectivity index (χ2v) is 4.26. The molecule has 1 atom stereocenters. The van der Waals surface area contributed by atoms with Gasteiger partial charge in [0.05, 0.1) is 24.1 Å². The molecule has 92 valence electrons. The Morgan fingerprint density at radius 2 is 2.22 bits per heavy atom. The van der Waals surface area contributed by atoms with Crippen molar-refractivity contribution in [3.05, 3.63) is 42.7 Å². The molecular weight excluding hydrogens is 228 g/mol. The molecule has 3 rings (SSSR count). The molecule has 0 saturated heterocycles. The standard InChI is InChI=1S/C13H14N4O/c1-9(11-4-3-7-18-11)16-13-12-10(5-6-14-13)17(2)8-15-12/h3-9H,1-2H3,(H,14,16). The summed E-state index contributed by atoms with van der Waals surface area (Å²) in [6.07, 6.45) is 5.23. The van der Waals surface area contributed by atoms with Gasteiger partial charge in [0, 0.05) is 13.2 Å². The number of imidazole rings is 1. The summed E-state index contributed by atoms with van der Waals surface area (Å²) >= 11 is 0. The number of hydrogen-bond acceptors (Lipinski definition) is 4. The van der Waals surface area contributed by atoms with Crippen molar-refractivity contribution in [1.82, 2.24) is 14.5 Å². The van der Waals surface area contributed by atoms with Crippen molar-refractivity contribution < 1.29 is 4.42 Å². The molecule has 0 fully saturated rings. The minimum absolute atomic E-state index is 0.0557. The van der Waals surface area contributed by atoms with Gasteiger partial charge in [0.15, 0.2) is 5.82 Å². The molecule has 5 heteroatoms. The first-order valence-electron chi connectivity index (χ1n) is 5.81. The number of aryl methyl sites for hydroxylation is 1. The lowest BCUT2D eigenvalue weighted by atomic mass is 10.2. The number of anilines is 1. The lowest BCUT2D eigenvalue weighted by molar-refractivity contribution is 0.490. The van der Waals surface area contributed by atoms with Crippen LogP contribution in [0.2, 0.25) is 0 Å². The first-order chi connectivity index (χ1) is 8.75. The second-order valence-electron chi connectivity index (χ2n) is 4.26. The summed E-state index contributed by atoms with van der Waals surface area (Å²) in [7, 11) is 1.97. The number of nitrogens with zero attached hydrogens (tertiary/aromatic N) is 3. The Morgan fingerprint density at radius 1 is 1.33 bits per heavy atom. The Balaban J connectivity index is 1.95. The van der Waals surface area contributed by atoms with Crippen LogP contribution in [0.15, 0.2) is 41.4 Å². The predicted octanol–water partition coefficient (Wildman–Crippen LogP) is 2.73. The summed E-state index contributed by atoms with van der Waals surface area (Å²) in [6.45, 7) is 2.03. The van der Waals surface area contributed by atoms with E-state index in [-0.39, 0.29) is 6.04 Å². The van der Waals surface area contributed by atoms with E-state index in [9.17, 15) is 0 Å². The fourth-order valence-corrected chi connectivity index (χ4v) is 1.98. The third kappa shape index (κ3) is 1.73. The monoisotopic (exact) mass is 242 g/mol. The molecule has 0 amide bonds. The van der Waals surface area contributed by atoms with E-state index < -0.39 is 0 Å². The van der Waals surface area contributed by atoms with E-state index in [1.807, 2.05) is 36.7 Å². The van der Waals surface area contributed by atoms with Gasteiger partial charge in [0.2, 0.25) is 0 Å². The largest absolute Gasteiger partial charge is 0.467 e. The molecule has 3 heterocycles. The molecule has 0 aliphatic rings. The van der Waals surface area contributed by atoms with Gasteiger partial charge in [0.1, 0.15) is 11.3 Å². The van der Waals surface area contributed by atoms with Crippen LogP contribution in [0.5, 0.6) is 0 Å². The average Bonchev–Trinajstić information content (AvgIpc) is 3.00. The topological polar surface area (TPSA) is 55.9 Å². The summed E-state index contributed by atoms with van der Waals surface area (Å²) in [5, 5.41) is 3.32. The molecule has 0 saturated carbocycles. The van der Waals surface area contributed by atoms with Gasteiger partial charge < -0.3 is 14.3 Å². The molecule has 18 heavy (non-hydrogen) atoms. The highest BCUT2D eigenvalue weighted by Crippen LogP contribution is 2.23. The molecule has 0 bridgehead atoms. The van der Waals surface area contributed by atoms with Gasteiger partial charge >= 0.3 is 0 Å². The third-order valence-corrected chi connectivity index (χ3v) is 2.97. The van der Waals surface area contributed by atoms with Crippen LogP contribution in [0.1, 0.15) is 18.7 Å². The third-order valence-electron chi connectivity index (χ3n) is 2.97. The van der Waals surface area contributed by atoms with Crippen molar-refractivity contribution in [2.75, 3.05) is 5.32 Å². The fraction of sp³-hybridized carbons (Fsp3) is 0.231. The highest BCUT2D eigenvalue weighted by molar-refractivity contribution is 5.85. The first kappa shape index (κ1) is 10.8. The number of nitrogens with one attached hydrogen (secondary N) is 1. The van der Waals surface area contributed by atoms with Gasteiger partial charge in [0.25, 0.3) is 0 Å². The van der Waals surface area contributed by atoms with Crippen molar-refractivity contribution in [2.45, 2.75) is 13.0 Å². The van der Waals surface area contributed by atoms with Crippen molar-refractivity contribution in [3.63, 3.8) is 0 Å². The highest BCUT2D eigenvalue weighted by Gasteiger charge is 2.12. The Bertz CT molecular complexity index is 657. The number of furan rings is 1. The van der Waals surface area contributed by atoms with Gasteiger partial charge in [-0.05, 0) is 25.1 Å². The maximum absolute atomic E-state index is 5.37. The molecule has 3 aromatic heterocycles. The molecule has 1 N–H and O–H groups in total. The molecular formula is C13H14N4O. The van der Waals surface area contributed by atoms with Gasteiger partial charge in [-0.15, -0.1) is 0 Å². The smallest absolute Gasteiger partial charge is 0.154 e.